The number of nitrogens with one attached hydrogen (secondary N) is 1. The first-order valence-corrected chi connectivity index (χ1v) is 7.67. The van der Waals surface area contributed by atoms with E-state index in [2.05, 4.69) is 38.2 Å². The van der Waals surface area contributed by atoms with Crippen LogP contribution in [0.3, 0.4) is 0 Å². The monoisotopic (exact) mass is 294 g/mol. The van der Waals surface area contributed by atoms with E-state index in [0.717, 1.165) is 17.8 Å². The van der Waals surface area contributed by atoms with Crippen molar-refractivity contribution >= 4 is 17.3 Å². The molecule has 0 bridgehead atoms. The molecule has 2 aromatic rings. The van der Waals surface area contributed by atoms with Crippen molar-refractivity contribution in [3.8, 4) is 0 Å². The number of aryl methyl sites for hydroxylation is 3. The van der Waals surface area contributed by atoms with Crippen LogP contribution in [0.4, 0.5) is 11.4 Å². The van der Waals surface area contributed by atoms with Crippen molar-refractivity contribution < 1.29 is 4.79 Å². The number of nitrogens with zero attached hydrogens (tertiary/aromatic N) is 1. The fourth-order valence-electron chi connectivity index (χ4n) is 3.36. The number of amides is 1. The Bertz CT molecular complexity index is 713. The highest BCUT2D eigenvalue weighted by molar-refractivity contribution is 6.04. The molecule has 1 N–H and O–H groups in total. The Morgan fingerprint density at radius 1 is 1.09 bits per heavy atom. The lowest BCUT2D eigenvalue weighted by atomic mass is 9.93. The zero-order valence-electron chi connectivity index (χ0n) is 13.6. The zero-order valence-corrected chi connectivity index (χ0v) is 13.6. The number of anilines is 2. The van der Waals surface area contributed by atoms with Gasteiger partial charge in [0, 0.05) is 13.5 Å². The van der Waals surface area contributed by atoms with E-state index >= 15 is 0 Å². The molecule has 0 unspecified atom stereocenters. The SMILES string of the molecule is Cc1cc(C)c(C[C@@H]2Nc3ccccc3N(C)C2=O)c(C)c1. The van der Waals surface area contributed by atoms with Gasteiger partial charge in [-0.25, -0.2) is 0 Å². The summed E-state index contributed by atoms with van der Waals surface area (Å²) in [5, 5.41) is 3.40. The molecule has 1 aliphatic heterocycles. The third-order valence-corrected chi connectivity index (χ3v) is 4.47. The molecule has 22 heavy (non-hydrogen) atoms. The van der Waals surface area contributed by atoms with Gasteiger partial charge in [-0.3, -0.25) is 4.79 Å². The molecular formula is C19H22N2O. The van der Waals surface area contributed by atoms with Crippen molar-refractivity contribution in [1.82, 2.24) is 0 Å². The molecule has 3 rings (SSSR count). The van der Waals surface area contributed by atoms with Crippen LogP contribution in [-0.2, 0) is 11.2 Å². The van der Waals surface area contributed by atoms with Crippen molar-refractivity contribution in [3.63, 3.8) is 0 Å². The summed E-state index contributed by atoms with van der Waals surface area (Å²) in [6, 6.07) is 12.1. The van der Waals surface area contributed by atoms with E-state index in [1.54, 1.807) is 4.90 Å². The molecule has 0 aromatic heterocycles. The van der Waals surface area contributed by atoms with Crippen molar-refractivity contribution in [2.45, 2.75) is 33.2 Å². The van der Waals surface area contributed by atoms with Gasteiger partial charge in [-0.1, -0.05) is 29.8 Å². The molecule has 0 saturated heterocycles. The molecule has 0 radical (unpaired) electrons. The van der Waals surface area contributed by atoms with Gasteiger partial charge in [-0.05, 0) is 49.6 Å². The highest BCUT2D eigenvalue weighted by Gasteiger charge is 2.30. The average Bonchev–Trinajstić information content (AvgIpc) is 2.47. The van der Waals surface area contributed by atoms with E-state index in [0.29, 0.717) is 0 Å². The van der Waals surface area contributed by atoms with E-state index in [9.17, 15) is 4.79 Å². The maximum atomic E-state index is 12.6. The summed E-state index contributed by atoms with van der Waals surface area (Å²) in [6.45, 7) is 6.36. The third-order valence-electron chi connectivity index (χ3n) is 4.47. The molecule has 0 saturated carbocycles. The number of rotatable bonds is 2. The molecule has 1 amide bonds. The summed E-state index contributed by atoms with van der Waals surface area (Å²) >= 11 is 0. The van der Waals surface area contributed by atoms with Gasteiger partial charge in [-0.15, -0.1) is 0 Å². The number of carbonyl (C=O) groups is 1. The van der Waals surface area contributed by atoms with Crippen LogP contribution in [0.15, 0.2) is 36.4 Å². The summed E-state index contributed by atoms with van der Waals surface area (Å²) in [5.74, 6) is 0.123. The van der Waals surface area contributed by atoms with Crippen LogP contribution in [-0.4, -0.2) is 19.0 Å². The summed E-state index contributed by atoms with van der Waals surface area (Å²) < 4.78 is 0. The molecule has 114 valence electrons. The Balaban J connectivity index is 1.93. The van der Waals surface area contributed by atoms with Crippen molar-refractivity contribution in [2.24, 2.45) is 0 Å². The highest BCUT2D eigenvalue weighted by atomic mass is 16.2. The number of hydrogen-bond acceptors (Lipinski definition) is 2. The van der Waals surface area contributed by atoms with Crippen LogP contribution in [0.1, 0.15) is 22.3 Å². The minimum atomic E-state index is -0.208. The van der Waals surface area contributed by atoms with Crippen LogP contribution in [0, 0.1) is 20.8 Å². The van der Waals surface area contributed by atoms with Crippen molar-refractivity contribution in [3.05, 3.63) is 58.7 Å². The second kappa shape index (κ2) is 5.48. The summed E-state index contributed by atoms with van der Waals surface area (Å²) in [6.07, 6.45) is 0.718. The fourth-order valence-corrected chi connectivity index (χ4v) is 3.36. The molecule has 3 heteroatoms. The van der Waals surface area contributed by atoms with Gasteiger partial charge in [0.1, 0.15) is 6.04 Å². The molecule has 1 heterocycles. The Kier molecular flexibility index (Phi) is 3.65. The fraction of sp³-hybridized carbons (Fsp3) is 0.316. The molecule has 2 aromatic carbocycles. The highest BCUT2D eigenvalue weighted by Crippen LogP contribution is 2.31. The van der Waals surface area contributed by atoms with Gasteiger partial charge in [0.25, 0.3) is 0 Å². The smallest absolute Gasteiger partial charge is 0.249 e. The summed E-state index contributed by atoms with van der Waals surface area (Å²) in [7, 11) is 1.85. The van der Waals surface area contributed by atoms with Crippen LogP contribution in [0.5, 0.6) is 0 Å². The number of likely N-dealkylation sites (N-methyl/N-ethyl adjacent to an activating group) is 1. The first-order valence-electron chi connectivity index (χ1n) is 7.67. The maximum absolute atomic E-state index is 12.6. The van der Waals surface area contributed by atoms with Crippen LogP contribution >= 0.6 is 0 Å². The predicted molar refractivity (Wildman–Crippen MR) is 91.6 cm³/mol. The largest absolute Gasteiger partial charge is 0.372 e. The molecule has 0 fully saturated rings. The van der Waals surface area contributed by atoms with Crippen LogP contribution in [0.2, 0.25) is 0 Å². The van der Waals surface area contributed by atoms with Crippen molar-refractivity contribution in [1.29, 1.82) is 0 Å². The van der Waals surface area contributed by atoms with Gasteiger partial charge in [-0.2, -0.15) is 0 Å². The summed E-state index contributed by atoms with van der Waals surface area (Å²) in [5.41, 5.74) is 7.02. The van der Waals surface area contributed by atoms with Gasteiger partial charge in [0.15, 0.2) is 0 Å². The second-order valence-corrected chi connectivity index (χ2v) is 6.19. The molecule has 0 aliphatic carbocycles. The lowest BCUT2D eigenvalue weighted by Crippen LogP contribution is -2.46. The Hall–Kier alpha value is -2.29. The molecule has 0 spiro atoms. The van der Waals surface area contributed by atoms with Gasteiger partial charge in [0.05, 0.1) is 11.4 Å². The minimum absolute atomic E-state index is 0.123. The third kappa shape index (κ3) is 2.47. The van der Waals surface area contributed by atoms with Gasteiger partial charge < -0.3 is 10.2 Å². The van der Waals surface area contributed by atoms with E-state index in [-0.39, 0.29) is 11.9 Å². The second-order valence-electron chi connectivity index (χ2n) is 6.19. The number of hydrogen-bond donors (Lipinski definition) is 1. The molecule has 1 aliphatic rings. The lowest BCUT2D eigenvalue weighted by molar-refractivity contribution is -0.119. The van der Waals surface area contributed by atoms with E-state index < -0.39 is 0 Å². The zero-order chi connectivity index (χ0) is 15.9. The van der Waals surface area contributed by atoms with E-state index in [1.165, 1.54) is 22.3 Å². The lowest BCUT2D eigenvalue weighted by Gasteiger charge is -2.33. The Morgan fingerprint density at radius 2 is 1.73 bits per heavy atom. The van der Waals surface area contributed by atoms with E-state index in [1.807, 2.05) is 31.3 Å². The normalized spacial score (nSPS) is 17.2. The van der Waals surface area contributed by atoms with Gasteiger partial charge >= 0.3 is 0 Å². The number of carbonyl (C=O) groups excluding carboxylic acids is 1. The van der Waals surface area contributed by atoms with Gasteiger partial charge in [0.2, 0.25) is 5.91 Å². The van der Waals surface area contributed by atoms with E-state index in [4.69, 9.17) is 0 Å². The minimum Gasteiger partial charge on any atom is -0.372 e. The topological polar surface area (TPSA) is 32.3 Å². The molecule has 3 nitrogen and oxygen atoms in total. The van der Waals surface area contributed by atoms with Crippen LogP contribution < -0.4 is 10.2 Å². The Morgan fingerprint density at radius 3 is 2.41 bits per heavy atom. The average molecular weight is 294 g/mol. The number of para-hydroxylation sites is 2. The van der Waals surface area contributed by atoms with Crippen LogP contribution in [0.25, 0.3) is 0 Å². The standard InChI is InChI=1S/C19H22N2O/c1-12-9-13(2)15(14(3)10-12)11-17-19(22)21(4)18-8-6-5-7-16(18)20-17/h5-10,17,20H,11H2,1-4H3/t17-/m0/s1. The predicted octanol–water partition coefficient (Wildman–Crippen LogP) is 3.61. The summed E-state index contributed by atoms with van der Waals surface area (Å²) in [4.78, 5) is 14.4. The first kappa shape index (κ1) is 14.6. The quantitative estimate of drug-likeness (QED) is 0.917. The number of fused-ring (bicyclic) bond motifs is 1. The molecular weight excluding hydrogens is 272 g/mol. The maximum Gasteiger partial charge on any atom is 0.249 e. The first-order chi connectivity index (χ1) is 10.5. The van der Waals surface area contributed by atoms with Crippen molar-refractivity contribution in [2.75, 3.05) is 17.3 Å². The number of benzene rings is 2. The molecule has 1 atom stereocenters. The Labute approximate surface area is 132 Å².